The van der Waals surface area contributed by atoms with Crippen LogP contribution in [0.25, 0.3) is 0 Å². The molecular weight excluding hydrogens is 305 g/mol. The van der Waals surface area contributed by atoms with Crippen molar-refractivity contribution in [1.82, 2.24) is 4.90 Å². The first-order valence-corrected chi connectivity index (χ1v) is 6.78. The first-order chi connectivity index (χ1) is 9.45. The number of carbonyl (C=O) groups is 2. The van der Waals surface area contributed by atoms with Gasteiger partial charge in [-0.1, -0.05) is 23.2 Å². The monoisotopic (exact) mass is 317 g/mol. The number of ether oxygens (including phenoxy) is 1. The van der Waals surface area contributed by atoms with Crippen molar-refractivity contribution in [3.05, 3.63) is 28.2 Å². The zero-order chi connectivity index (χ0) is 14.7. The molecule has 0 atom stereocenters. The molecule has 0 spiro atoms. The Morgan fingerprint density at radius 3 is 2.70 bits per heavy atom. The van der Waals surface area contributed by atoms with Gasteiger partial charge < -0.3 is 14.7 Å². The summed E-state index contributed by atoms with van der Waals surface area (Å²) in [5.74, 6) is -0.645. The summed E-state index contributed by atoms with van der Waals surface area (Å²) in [7, 11) is 0. The molecule has 1 aliphatic heterocycles. The van der Waals surface area contributed by atoms with E-state index >= 15 is 0 Å². The number of carboxylic acid groups (broad SMARTS) is 1. The van der Waals surface area contributed by atoms with Crippen LogP contribution < -0.4 is 4.74 Å². The molecule has 0 saturated carbocycles. The highest BCUT2D eigenvalue weighted by atomic mass is 35.5. The van der Waals surface area contributed by atoms with Crippen LogP contribution >= 0.6 is 23.2 Å². The molecule has 0 radical (unpaired) electrons. The molecule has 1 N–H and O–H groups in total. The predicted molar refractivity (Wildman–Crippen MR) is 74.3 cm³/mol. The number of likely N-dealkylation sites (tertiary alicyclic amines) is 1. The second-order valence-corrected chi connectivity index (χ2v) is 5.47. The fraction of sp³-hybridized carbons (Fsp3) is 0.385. The highest BCUT2D eigenvalue weighted by Gasteiger charge is 2.32. The average molecular weight is 318 g/mol. The molecule has 0 unspecified atom stereocenters. The standard InChI is InChI=1S/C13H13Cl2NO4/c14-9-1-2-10(15)11(4-9)20-7-12(17)16-5-8(6-16)3-13(18)19/h1-2,4,8H,3,5-7H2,(H,18,19). The molecule has 1 aromatic carbocycles. The van der Waals surface area contributed by atoms with Crippen molar-refractivity contribution in [2.24, 2.45) is 5.92 Å². The van der Waals surface area contributed by atoms with E-state index in [1.54, 1.807) is 23.1 Å². The second kappa shape index (κ2) is 6.33. The topological polar surface area (TPSA) is 66.8 Å². The van der Waals surface area contributed by atoms with Gasteiger partial charge in [-0.05, 0) is 12.1 Å². The van der Waals surface area contributed by atoms with Crippen LogP contribution in [-0.4, -0.2) is 41.6 Å². The van der Waals surface area contributed by atoms with E-state index in [1.807, 2.05) is 0 Å². The highest BCUT2D eigenvalue weighted by molar-refractivity contribution is 6.34. The van der Waals surface area contributed by atoms with Crippen molar-refractivity contribution in [2.75, 3.05) is 19.7 Å². The first-order valence-electron chi connectivity index (χ1n) is 6.03. The maximum atomic E-state index is 11.8. The van der Waals surface area contributed by atoms with Crippen molar-refractivity contribution in [3.63, 3.8) is 0 Å². The minimum absolute atomic E-state index is 0.0335. The summed E-state index contributed by atoms with van der Waals surface area (Å²) in [5, 5.41) is 9.49. The van der Waals surface area contributed by atoms with E-state index in [4.69, 9.17) is 33.0 Å². The van der Waals surface area contributed by atoms with Crippen LogP contribution in [0.15, 0.2) is 18.2 Å². The molecule has 1 fully saturated rings. The van der Waals surface area contributed by atoms with Gasteiger partial charge in [-0.2, -0.15) is 0 Å². The molecule has 1 saturated heterocycles. The Bertz CT molecular complexity index is 529. The number of aliphatic carboxylic acids is 1. The van der Waals surface area contributed by atoms with Gasteiger partial charge in [0.05, 0.1) is 11.4 Å². The molecule has 7 heteroatoms. The Labute approximate surface area is 126 Å². The summed E-state index contributed by atoms with van der Waals surface area (Å²) in [5.41, 5.74) is 0. The quantitative estimate of drug-likeness (QED) is 0.905. The van der Waals surface area contributed by atoms with Crippen LogP contribution in [0.1, 0.15) is 6.42 Å². The minimum atomic E-state index is -0.843. The minimum Gasteiger partial charge on any atom is -0.482 e. The predicted octanol–water partition coefficient (Wildman–Crippen LogP) is 2.31. The van der Waals surface area contributed by atoms with Crippen molar-refractivity contribution < 1.29 is 19.4 Å². The Balaban J connectivity index is 1.79. The van der Waals surface area contributed by atoms with Gasteiger partial charge in [-0.15, -0.1) is 0 Å². The molecule has 0 aromatic heterocycles. The van der Waals surface area contributed by atoms with Gasteiger partial charge in [0.15, 0.2) is 6.61 Å². The molecule has 1 heterocycles. The van der Waals surface area contributed by atoms with Crippen LogP contribution in [-0.2, 0) is 9.59 Å². The van der Waals surface area contributed by atoms with Crippen molar-refractivity contribution in [3.8, 4) is 5.75 Å². The number of carboxylic acids is 1. The lowest BCUT2D eigenvalue weighted by atomic mass is 9.96. The smallest absolute Gasteiger partial charge is 0.303 e. The van der Waals surface area contributed by atoms with Crippen molar-refractivity contribution >= 4 is 35.1 Å². The fourth-order valence-electron chi connectivity index (χ4n) is 1.97. The summed E-state index contributed by atoms with van der Waals surface area (Å²) in [6, 6.07) is 4.77. The Kier molecular flexibility index (Phi) is 4.73. The van der Waals surface area contributed by atoms with Gasteiger partial charge in [-0.25, -0.2) is 0 Å². The molecular formula is C13H13Cl2NO4. The largest absolute Gasteiger partial charge is 0.482 e. The lowest BCUT2D eigenvalue weighted by Gasteiger charge is -2.38. The van der Waals surface area contributed by atoms with Gasteiger partial charge in [0.2, 0.25) is 0 Å². The van der Waals surface area contributed by atoms with E-state index < -0.39 is 5.97 Å². The van der Waals surface area contributed by atoms with Gasteiger partial charge >= 0.3 is 5.97 Å². The molecule has 2 rings (SSSR count). The van der Waals surface area contributed by atoms with Crippen LogP contribution in [0.2, 0.25) is 10.0 Å². The normalized spacial score (nSPS) is 14.8. The summed E-state index contributed by atoms with van der Waals surface area (Å²) < 4.78 is 5.33. The third kappa shape index (κ3) is 3.77. The number of hydrogen-bond donors (Lipinski definition) is 1. The number of halogens is 2. The van der Waals surface area contributed by atoms with E-state index in [2.05, 4.69) is 0 Å². The third-order valence-electron chi connectivity index (χ3n) is 3.02. The summed E-state index contributed by atoms with van der Waals surface area (Å²) in [6.07, 6.45) is 0.0881. The van der Waals surface area contributed by atoms with Crippen LogP contribution in [0.4, 0.5) is 0 Å². The fourth-order valence-corrected chi connectivity index (χ4v) is 2.30. The van der Waals surface area contributed by atoms with Crippen LogP contribution in [0, 0.1) is 5.92 Å². The van der Waals surface area contributed by atoms with Gasteiger partial charge in [0, 0.05) is 30.1 Å². The number of rotatable bonds is 5. The molecule has 5 nitrogen and oxygen atoms in total. The lowest BCUT2D eigenvalue weighted by Crippen LogP contribution is -2.52. The average Bonchev–Trinajstić information content (AvgIpc) is 2.33. The molecule has 0 aliphatic carbocycles. The molecule has 1 aliphatic rings. The van der Waals surface area contributed by atoms with E-state index in [0.29, 0.717) is 28.9 Å². The molecule has 1 aromatic rings. The van der Waals surface area contributed by atoms with Gasteiger partial charge in [0.1, 0.15) is 5.75 Å². The maximum Gasteiger partial charge on any atom is 0.303 e. The maximum absolute atomic E-state index is 11.8. The van der Waals surface area contributed by atoms with E-state index in [0.717, 1.165) is 0 Å². The Morgan fingerprint density at radius 1 is 1.35 bits per heavy atom. The van der Waals surface area contributed by atoms with Gasteiger partial charge in [-0.3, -0.25) is 9.59 Å². The Hall–Kier alpha value is -1.46. The number of nitrogens with zero attached hydrogens (tertiary/aromatic N) is 1. The summed E-state index contributed by atoms with van der Waals surface area (Å²) >= 11 is 11.7. The van der Waals surface area contributed by atoms with Gasteiger partial charge in [0.25, 0.3) is 5.91 Å². The van der Waals surface area contributed by atoms with Crippen molar-refractivity contribution in [1.29, 1.82) is 0 Å². The van der Waals surface area contributed by atoms with E-state index in [9.17, 15) is 9.59 Å². The number of benzene rings is 1. The van der Waals surface area contributed by atoms with E-state index in [-0.39, 0.29) is 24.9 Å². The zero-order valence-corrected chi connectivity index (χ0v) is 12.0. The SMILES string of the molecule is O=C(O)CC1CN(C(=O)COc2cc(Cl)ccc2Cl)C1. The summed E-state index contributed by atoms with van der Waals surface area (Å²) in [6.45, 7) is 0.773. The number of amides is 1. The zero-order valence-electron chi connectivity index (χ0n) is 10.5. The lowest BCUT2D eigenvalue weighted by molar-refractivity contribution is -0.146. The van der Waals surface area contributed by atoms with Crippen LogP contribution in [0.3, 0.4) is 0 Å². The third-order valence-corrected chi connectivity index (χ3v) is 3.56. The summed E-state index contributed by atoms with van der Waals surface area (Å²) in [4.78, 5) is 23.9. The Morgan fingerprint density at radius 2 is 2.05 bits per heavy atom. The number of carbonyl (C=O) groups excluding carboxylic acids is 1. The van der Waals surface area contributed by atoms with Crippen LogP contribution in [0.5, 0.6) is 5.75 Å². The molecule has 20 heavy (non-hydrogen) atoms. The van der Waals surface area contributed by atoms with Crippen molar-refractivity contribution in [2.45, 2.75) is 6.42 Å². The molecule has 0 bridgehead atoms. The van der Waals surface area contributed by atoms with E-state index in [1.165, 1.54) is 0 Å². The number of hydrogen-bond acceptors (Lipinski definition) is 3. The second-order valence-electron chi connectivity index (χ2n) is 4.63. The molecule has 108 valence electrons. The highest BCUT2D eigenvalue weighted by Crippen LogP contribution is 2.28. The first kappa shape index (κ1) is 14.9. The molecule has 1 amide bonds.